The average Bonchev–Trinajstić information content (AvgIpc) is 2.68. The molecule has 2 fully saturated rings. The molecular weight excluding hydrogens is 346 g/mol. The predicted molar refractivity (Wildman–Crippen MR) is 113 cm³/mol. The van der Waals surface area contributed by atoms with Gasteiger partial charge in [-0.25, -0.2) is 0 Å². The number of benzene rings is 1. The van der Waals surface area contributed by atoms with Crippen molar-refractivity contribution in [1.29, 1.82) is 0 Å². The maximum Gasteiger partial charge on any atom is 0.140 e. The second kappa shape index (κ2) is 7.39. The van der Waals surface area contributed by atoms with Gasteiger partial charge in [0.25, 0.3) is 0 Å². The molecule has 3 heterocycles. The lowest BCUT2D eigenvalue weighted by Gasteiger charge is -2.51. The van der Waals surface area contributed by atoms with Gasteiger partial charge in [-0.1, -0.05) is 31.0 Å². The fourth-order valence-corrected chi connectivity index (χ4v) is 5.32. The summed E-state index contributed by atoms with van der Waals surface area (Å²) in [5, 5.41) is 0. The topological polar surface area (TPSA) is 18.5 Å². The van der Waals surface area contributed by atoms with Crippen LogP contribution in [0.15, 0.2) is 24.3 Å². The van der Waals surface area contributed by atoms with E-state index in [0.29, 0.717) is 5.92 Å². The number of quaternary nitrogens is 1. The summed E-state index contributed by atoms with van der Waals surface area (Å²) < 4.78 is 14.3. The Morgan fingerprint density at radius 3 is 2.64 bits per heavy atom. The molecule has 0 amide bonds. The minimum Gasteiger partial charge on any atom is -0.487 e. The molecule has 1 aromatic rings. The second-order valence-electron chi connectivity index (χ2n) is 9.81. The zero-order chi connectivity index (χ0) is 19.8. The molecule has 0 radical (unpaired) electrons. The number of para-hydroxylation sites is 1. The number of ether oxygens (including phenoxy) is 2. The summed E-state index contributed by atoms with van der Waals surface area (Å²) in [6, 6.07) is 8.40. The first-order chi connectivity index (χ1) is 13.4. The number of hydrogen-bond acceptors (Lipinski definition) is 2. The molecule has 4 atom stereocenters. The fraction of sp³-hybridized carbons (Fsp3) is 0.680. The summed E-state index contributed by atoms with van der Waals surface area (Å²) in [7, 11) is 2.36. The number of fused-ring (bicyclic) bond motifs is 3. The zero-order valence-electron chi connectivity index (χ0n) is 18.1. The van der Waals surface area contributed by atoms with Crippen molar-refractivity contribution in [3.63, 3.8) is 0 Å². The second-order valence-corrected chi connectivity index (χ2v) is 9.81. The van der Waals surface area contributed by atoms with Crippen LogP contribution >= 0.6 is 0 Å². The number of piperidine rings is 1. The Kier molecular flexibility index (Phi) is 5.23. The van der Waals surface area contributed by atoms with Gasteiger partial charge in [-0.15, -0.1) is 0 Å². The number of nitrogens with zero attached hydrogens (tertiary/aromatic N) is 1. The number of hydrogen-bond donors (Lipinski definition) is 0. The molecule has 28 heavy (non-hydrogen) atoms. The van der Waals surface area contributed by atoms with Crippen molar-refractivity contribution in [2.75, 3.05) is 26.7 Å². The third-order valence-corrected chi connectivity index (χ3v) is 7.45. The molecule has 3 heteroatoms. The summed E-state index contributed by atoms with van der Waals surface area (Å²) in [6.45, 7) is 10.1. The Balaban J connectivity index is 1.55. The molecule has 3 aliphatic heterocycles. The van der Waals surface area contributed by atoms with E-state index >= 15 is 0 Å². The Bertz CT molecular complexity index is 772. The third kappa shape index (κ3) is 3.70. The Hall–Kier alpha value is -1.50. The molecule has 3 aliphatic rings. The van der Waals surface area contributed by atoms with Gasteiger partial charge in [0.15, 0.2) is 0 Å². The van der Waals surface area contributed by atoms with Crippen LogP contribution in [-0.4, -0.2) is 42.4 Å². The molecule has 0 saturated carbocycles. The van der Waals surface area contributed by atoms with E-state index in [4.69, 9.17) is 9.47 Å². The molecule has 0 N–H and O–H groups in total. The van der Waals surface area contributed by atoms with E-state index in [1.54, 1.807) is 0 Å². The van der Waals surface area contributed by atoms with Crippen molar-refractivity contribution in [2.45, 2.75) is 76.6 Å². The van der Waals surface area contributed by atoms with Gasteiger partial charge in [0.1, 0.15) is 23.5 Å². The van der Waals surface area contributed by atoms with E-state index in [9.17, 15) is 0 Å². The van der Waals surface area contributed by atoms with Gasteiger partial charge in [-0.3, -0.25) is 0 Å². The number of rotatable bonds is 2. The maximum atomic E-state index is 6.76. The van der Waals surface area contributed by atoms with Gasteiger partial charge in [0.2, 0.25) is 0 Å². The van der Waals surface area contributed by atoms with E-state index in [1.807, 2.05) is 0 Å². The molecule has 0 aromatic heterocycles. The molecule has 0 bridgehead atoms. The lowest BCUT2D eigenvalue weighted by molar-refractivity contribution is -0.907. The molecule has 0 unspecified atom stereocenters. The molecule has 0 spiro atoms. The van der Waals surface area contributed by atoms with E-state index in [1.165, 1.54) is 37.9 Å². The fourth-order valence-electron chi connectivity index (χ4n) is 5.32. The minimum absolute atomic E-state index is 0.0720. The number of likely N-dealkylation sites (tertiary alicyclic amines) is 1. The first-order valence-electron chi connectivity index (χ1n) is 11.2. The molecular formula is C25H36NO2+. The Labute approximate surface area is 171 Å². The van der Waals surface area contributed by atoms with E-state index in [0.717, 1.165) is 36.0 Å². The van der Waals surface area contributed by atoms with Crippen LogP contribution in [0.4, 0.5) is 0 Å². The highest BCUT2D eigenvalue weighted by molar-refractivity contribution is 5.39. The monoisotopic (exact) mass is 382 g/mol. The summed E-state index contributed by atoms with van der Waals surface area (Å²) in [5.74, 6) is 8.44. The first-order valence-corrected chi connectivity index (χ1v) is 11.2. The SMILES string of the molecule is CC[C@]1(C)Oc2ccccc2[C@@H]2O[C@](C)(C#CC[N+]3(C)CCCCC3)CC[C@@H]21. The van der Waals surface area contributed by atoms with E-state index in [-0.39, 0.29) is 17.3 Å². The molecule has 3 nitrogen and oxygen atoms in total. The third-order valence-electron chi connectivity index (χ3n) is 7.45. The first kappa shape index (κ1) is 19.8. The van der Waals surface area contributed by atoms with Crippen molar-refractivity contribution < 1.29 is 14.0 Å². The lowest BCUT2D eigenvalue weighted by atomic mass is 9.71. The van der Waals surface area contributed by atoms with Crippen LogP contribution in [0.5, 0.6) is 5.75 Å². The maximum absolute atomic E-state index is 6.76. The van der Waals surface area contributed by atoms with Crippen LogP contribution in [0.2, 0.25) is 0 Å². The Morgan fingerprint density at radius 1 is 1.14 bits per heavy atom. The van der Waals surface area contributed by atoms with E-state index < -0.39 is 0 Å². The van der Waals surface area contributed by atoms with Crippen molar-refractivity contribution in [1.82, 2.24) is 0 Å². The van der Waals surface area contributed by atoms with Gasteiger partial charge in [0, 0.05) is 11.5 Å². The summed E-state index contributed by atoms with van der Waals surface area (Å²) in [5.41, 5.74) is 0.663. The van der Waals surface area contributed by atoms with Crippen LogP contribution in [0.1, 0.15) is 71.0 Å². The highest BCUT2D eigenvalue weighted by Crippen LogP contribution is 2.53. The highest BCUT2D eigenvalue weighted by Gasteiger charge is 2.51. The average molecular weight is 383 g/mol. The standard InChI is InChI=1S/C25H36NO2/c1-5-25(3)21-14-16-24(2,15-11-19-26(4)17-9-6-10-18-26)28-23(21)20-12-7-8-13-22(20)27-25/h7-8,12-13,21,23H,5-6,9-10,14,16-19H2,1-4H3/q+1/t21-,23-,24+,25-/m0/s1. The van der Waals surface area contributed by atoms with Crippen molar-refractivity contribution in [3.05, 3.63) is 29.8 Å². The van der Waals surface area contributed by atoms with Crippen molar-refractivity contribution in [2.24, 2.45) is 5.92 Å². The molecule has 2 saturated heterocycles. The van der Waals surface area contributed by atoms with Crippen LogP contribution in [0.3, 0.4) is 0 Å². The Morgan fingerprint density at radius 2 is 1.89 bits per heavy atom. The molecule has 1 aromatic carbocycles. The van der Waals surface area contributed by atoms with Gasteiger partial charge >= 0.3 is 0 Å². The molecule has 152 valence electrons. The highest BCUT2D eigenvalue weighted by atomic mass is 16.5. The summed E-state index contributed by atoms with van der Waals surface area (Å²) in [4.78, 5) is 0. The van der Waals surface area contributed by atoms with Crippen LogP contribution in [0.25, 0.3) is 0 Å². The van der Waals surface area contributed by atoms with Gasteiger partial charge in [0.05, 0.1) is 26.2 Å². The van der Waals surface area contributed by atoms with Crippen molar-refractivity contribution >= 4 is 0 Å². The van der Waals surface area contributed by atoms with Gasteiger partial charge < -0.3 is 14.0 Å². The minimum atomic E-state index is -0.366. The summed E-state index contributed by atoms with van der Waals surface area (Å²) >= 11 is 0. The normalized spacial score (nSPS) is 36.3. The van der Waals surface area contributed by atoms with Crippen molar-refractivity contribution in [3.8, 4) is 17.6 Å². The zero-order valence-corrected chi connectivity index (χ0v) is 18.1. The molecule has 4 rings (SSSR count). The van der Waals surface area contributed by atoms with E-state index in [2.05, 4.69) is 63.9 Å². The van der Waals surface area contributed by atoms with Gasteiger partial charge in [-0.2, -0.15) is 0 Å². The van der Waals surface area contributed by atoms with Gasteiger partial charge in [-0.05, 0) is 64.4 Å². The van der Waals surface area contributed by atoms with Crippen LogP contribution < -0.4 is 4.74 Å². The molecule has 0 aliphatic carbocycles. The van der Waals surface area contributed by atoms with Crippen LogP contribution in [0, 0.1) is 17.8 Å². The predicted octanol–water partition coefficient (Wildman–Crippen LogP) is 5.11. The smallest absolute Gasteiger partial charge is 0.140 e. The quantitative estimate of drug-likeness (QED) is 0.523. The summed E-state index contributed by atoms with van der Waals surface area (Å²) in [6.07, 6.45) is 7.19. The largest absolute Gasteiger partial charge is 0.487 e. The lowest BCUT2D eigenvalue weighted by Crippen LogP contribution is -2.52. The van der Waals surface area contributed by atoms with Crippen LogP contribution in [-0.2, 0) is 4.74 Å².